The molecule has 1 aliphatic carbocycles. The summed E-state index contributed by atoms with van der Waals surface area (Å²) < 4.78 is 47.8. The summed E-state index contributed by atoms with van der Waals surface area (Å²) in [5.74, 6) is -0.898. The van der Waals surface area contributed by atoms with Crippen LogP contribution in [-0.2, 0) is 4.79 Å². The number of rotatable bonds is 24. The molecule has 3 N–H and O–H groups in total. The van der Waals surface area contributed by atoms with Crippen LogP contribution < -0.4 is 20.7 Å². The molecule has 0 spiro atoms. The summed E-state index contributed by atoms with van der Waals surface area (Å²) in [4.78, 5) is 21.4. The van der Waals surface area contributed by atoms with Crippen LogP contribution in [0.2, 0.25) is 0 Å². The van der Waals surface area contributed by atoms with Crippen molar-refractivity contribution >= 4 is 39.8 Å². The van der Waals surface area contributed by atoms with Gasteiger partial charge in [0.15, 0.2) is 5.75 Å². The average molecular weight is 733 g/mol. The second kappa shape index (κ2) is 20.1. The van der Waals surface area contributed by atoms with Crippen LogP contribution in [0.25, 0.3) is 22.2 Å². The first-order valence-electron chi connectivity index (χ1n) is 19.6. The number of unbranched alkanes of at least 4 members (excludes halogenated alkanes) is 14. The molecule has 4 aromatic rings. The molecule has 5 rings (SSSR count). The van der Waals surface area contributed by atoms with E-state index in [2.05, 4.69) is 61.0 Å². The summed E-state index contributed by atoms with van der Waals surface area (Å²) in [6.07, 6.45) is 20.7. The van der Waals surface area contributed by atoms with E-state index in [1.54, 1.807) is 12.3 Å². The van der Waals surface area contributed by atoms with Gasteiger partial charge in [-0.2, -0.15) is 0 Å². The third-order valence-corrected chi connectivity index (χ3v) is 9.74. The molecule has 2 heterocycles. The summed E-state index contributed by atoms with van der Waals surface area (Å²) in [6, 6.07) is 12.9. The van der Waals surface area contributed by atoms with Gasteiger partial charge < -0.3 is 25.3 Å². The van der Waals surface area contributed by atoms with Crippen LogP contribution in [0.5, 0.6) is 5.75 Å². The minimum atomic E-state index is -4.96. The van der Waals surface area contributed by atoms with Crippen molar-refractivity contribution < 1.29 is 22.7 Å². The molecule has 2 aromatic heterocycles. The highest BCUT2D eigenvalue weighted by molar-refractivity contribution is 6.02. The minimum Gasteiger partial charge on any atom is -0.403 e. The van der Waals surface area contributed by atoms with E-state index in [9.17, 15) is 18.0 Å². The molecule has 0 unspecified atom stereocenters. The van der Waals surface area contributed by atoms with Crippen molar-refractivity contribution in [3.63, 3.8) is 0 Å². The smallest absolute Gasteiger partial charge is 0.403 e. The molecule has 0 aliphatic heterocycles. The molecule has 1 fully saturated rings. The van der Waals surface area contributed by atoms with E-state index in [0.717, 1.165) is 54.6 Å². The van der Waals surface area contributed by atoms with E-state index in [1.165, 1.54) is 89.2 Å². The van der Waals surface area contributed by atoms with Crippen molar-refractivity contribution in [2.45, 2.75) is 128 Å². The highest BCUT2D eigenvalue weighted by atomic mass is 19.4. The highest BCUT2D eigenvalue weighted by Gasteiger charge is 2.33. The van der Waals surface area contributed by atoms with Crippen molar-refractivity contribution in [3.8, 4) is 17.0 Å². The molecule has 0 bridgehead atoms. The van der Waals surface area contributed by atoms with Gasteiger partial charge in [0.25, 0.3) is 0 Å². The maximum absolute atomic E-state index is 13.7. The van der Waals surface area contributed by atoms with Crippen LogP contribution in [0.3, 0.4) is 0 Å². The Morgan fingerprint density at radius 3 is 2.15 bits per heavy atom. The number of halogens is 3. The standard InChI is InChI=1S/C42H55F3N6O2/c1-3-5-6-7-8-9-10-11-12-13-14-15-16-17-20-26-46-35-29-39(53-42(43,44)45)37(28-36(35)48-40(52)4-2)50-41-47-27-25-34(49-41)33-30-51(31-23-24-31)38-22-19-18-21-32(33)38/h4,18-19,21-22,25,27-31,46H,2-3,5-17,20,23-24,26H2,1H3,(H,48,52)(H,47,49,50). The largest absolute Gasteiger partial charge is 0.573 e. The number of para-hydroxylation sites is 1. The fourth-order valence-electron chi connectivity index (χ4n) is 6.79. The van der Waals surface area contributed by atoms with Gasteiger partial charge in [0.2, 0.25) is 11.9 Å². The maximum Gasteiger partial charge on any atom is 0.573 e. The lowest BCUT2D eigenvalue weighted by Gasteiger charge is -2.19. The lowest BCUT2D eigenvalue weighted by atomic mass is 10.0. The first kappa shape index (κ1) is 39.7. The zero-order chi connectivity index (χ0) is 37.5. The number of fused-ring (bicyclic) bond motifs is 1. The van der Waals surface area contributed by atoms with Gasteiger partial charge in [0.05, 0.1) is 22.8 Å². The Morgan fingerprint density at radius 2 is 1.53 bits per heavy atom. The molecule has 11 heteroatoms. The van der Waals surface area contributed by atoms with Gasteiger partial charge in [-0.1, -0.05) is 122 Å². The molecular weight excluding hydrogens is 677 g/mol. The Morgan fingerprint density at radius 1 is 0.887 bits per heavy atom. The Labute approximate surface area is 312 Å². The number of aromatic nitrogens is 3. The van der Waals surface area contributed by atoms with Crippen molar-refractivity contribution in [1.29, 1.82) is 0 Å². The SMILES string of the molecule is C=CC(=O)Nc1cc(Nc2nccc(-c3cn(C4CC4)c4ccccc34)n2)c(OC(F)(F)F)cc1NCCCCCCCCCCCCCCCCC. The third-order valence-electron chi connectivity index (χ3n) is 9.74. The van der Waals surface area contributed by atoms with Gasteiger partial charge in [-0.25, -0.2) is 9.97 Å². The summed E-state index contributed by atoms with van der Waals surface area (Å²) >= 11 is 0. The maximum atomic E-state index is 13.7. The average Bonchev–Trinajstić information content (AvgIpc) is 3.92. The van der Waals surface area contributed by atoms with Gasteiger partial charge in [0, 0.05) is 47.5 Å². The van der Waals surface area contributed by atoms with E-state index in [-0.39, 0.29) is 17.3 Å². The molecule has 0 radical (unpaired) electrons. The number of benzene rings is 2. The molecule has 53 heavy (non-hydrogen) atoms. The van der Waals surface area contributed by atoms with E-state index >= 15 is 0 Å². The number of anilines is 4. The number of carbonyl (C=O) groups is 1. The summed E-state index contributed by atoms with van der Waals surface area (Å²) in [6.45, 7) is 6.30. The molecular formula is C42H55F3N6O2. The predicted molar refractivity (Wildman–Crippen MR) is 210 cm³/mol. The van der Waals surface area contributed by atoms with Gasteiger partial charge in [-0.15, -0.1) is 13.2 Å². The highest BCUT2D eigenvalue weighted by Crippen LogP contribution is 2.42. The fourth-order valence-corrected chi connectivity index (χ4v) is 6.79. The number of ether oxygens (including phenoxy) is 1. The third kappa shape index (κ3) is 12.5. The van der Waals surface area contributed by atoms with Crippen LogP contribution >= 0.6 is 0 Å². The number of nitrogens with one attached hydrogen (secondary N) is 3. The first-order valence-corrected chi connectivity index (χ1v) is 19.6. The number of alkyl halides is 3. The molecule has 1 amide bonds. The number of carbonyl (C=O) groups excluding carboxylic acids is 1. The summed E-state index contributed by atoms with van der Waals surface area (Å²) in [5.41, 5.74) is 3.15. The monoisotopic (exact) mass is 732 g/mol. The topological polar surface area (TPSA) is 93.1 Å². The Kier molecular flexibility index (Phi) is 15.0. The second-order valence-electron chi connectivity index (χ2n) is 14.1. The lowest BCUT2D eigenvalue weighted by molar-refractivity contribution is -0.274. The van der Waals surface area contributed by atoms with E-state index in [0.29, 0.717) is 24.0 Å². The molecule has 286 valence electrons. The fraction of sp³-hybridized carbons (Fsp3) is 0.500. The zero-order valence-corrected chi connectivity index (χ0v) is 31.1. The van der Waals surface area contributed by atoms with E-state index in [1.807, 2.05) is 18.2 Å². The van der Waals surface area contributed by atoms with Crippen molar-refractivity contribution in [3.05, 3.63) is 67.5 Å². The van der Waals surface area contributed by atoms with Crippen LogP contribution in [0.15, 0.2) is 67.5 Å². The van der Waals surface area contributed by atoms with Crippen molar-refractivity contribution in [2.75, 3.05) is 22.5 Å². The molecule has 1 aliphatic rings. The van der Waals surface area contributed by atoms with Gasteiger partial charge in [-0.05, 0) is 43.5 Å². The van der Waals surface area contributed by atoms with Crippen LogP contribution in [0.1, 0.15) is 122 Å². The number of hydrogen-bond acceptors (Lipinski definition) is 6. The molecule has 0 atom stereocenters. The van der Waals surface area contributed by atoms with Crippen molar-refractivity contribution in [2.24, 2.45) is 0 Å². The van der Waals surface area contributed by atoms with Crippen LogP contribution in [0, 0.1) is 0 Å². The Hall–Kier alpha value is -4.54. The number of nitrogens with zero attached hydrogens (tertiary/aromatic N) is 3. The van der Waals surface area contributed by atoms with E-state index < -0.39 is 18.0 Å². The van der Waals surface area contributed by atoms with Crippen LogP contribution in [-0.4, -0.2) is 33.3 Å². The number of amides is 1. The Bertz CT molecular complexity index is 1770. The minimum absolute atomic E-state index is 0.0585. The molecule has 8 nitrogen and oxygen atoms in total. The first-order chi connectivity index (χ1) is 25.8. The van der Waals surface area contributed by atoms with Gasteiger partial charge >= 0.3 is 6.36 Å². The quantitative estimate of drug-likeness (QED) is 0.0490. The van der Waals surface area contributed by atoms with Crippen LogP contribution in [0.4, 0.5) is 36.2 Å². The zero-order valence-electron chi connectivity index (χ0n) is 31.1. The number of hydrogen-bond donors (Lipinski definition) is 3. The lowest BCUT2D eigenvalue weighted by Crippen LogP contribution is -2.19. The second-order valence-corrected chi connectivity index (χ2v) is 14.1. The molecule has 1 saturated carbocycles. The van der Waals surface area contributed by atoms with Gasteiger partial charge in [0.1, 0.15) is 0 Å². The normalized spacial score (nSPS) is 12.9. The van der Waals surface area contributed by atoms with Crippen molar-refractivity contribution in [1.82, 2.24) is 14.5 Å². The predicted octanol–water partition coefficient (Wildman–Crippen LogP) is 12.5. The molecule has 0 saturated heterocycles. The Balaban J connectivity index is 1.19. The van der Waals surface area contributed by atoms with Gasteiger partial charge in [-0.3, -0.25) is 4.79 Å². The summed E-state index contributed by atoms with van der Waals surface area (Å²) in [7, 11) is 0. The summed E-state index contributed by atoms with van der Waals surface area (Å²) in [5, 5.41) is 9.88. The molecule has 2 aromatic carbocycles. The van der Waals surface area contributed by atoms with E-state index in [4.69, 9.17) is 0 Å².